The molecule has 0 N–H and O–H groups in total. The second-order valence-electron chi connectivity index (χ2n) is 2.89. The van der Waals surface area contributed by atoms with Gasteiger partial charge in [0.15, 0.2) is 0 Å². The Morgan fingerprint density at radius 2 is 2.17 bits per heavy atom. The number of alkyl halides is 1. The minimum Gasteiger partial charge on any atom is -0.207 e. The van der Waals surface area contributed by atoms with Gasteiger partial charge in [0.2, 0.25) is 0 Å². The molecule has 0 amide bonds. The van der Waals surface area contributed by atoms with E-state index in [4.69, 9.17) is 11.6 Å². The van der Waals surface area contributed by atoms with Crippen molar-refractivity contribution in [3.8, 4) is 0 Å². The molecule has 0 aromatic heterocycles. The van der Waals surface area contributed by atoms with Crippen LogP contribution in [0, 0.1) is 12.7 Å². The van der Waals surface area contributed by atoms with Crippen LogP contribution in [-0.2, 0) is 6.42 Å². The second-order valence-corrected chi connectivity index (χ2v) is 3.27. The van der Waals surface area contributed by atoms with Gasteiger partial charge in [-0.05, 0) is 31.4 Å². The zero-order valence-electron chi connectivity index (χ0n) is 7.11. The Morgan fingerprint density at radius 3 is 2.83 bits per heavy atom. The van der Waals surface area contributed by atoms with E-state index in [2.05, 4.69) is 0 Å². The van der Waals surface area contributed by atoms with Crippen molar-refractivity contribution in [2.45, 2.75) is 19.8 Å². The summed E-state index contributed by atoms with van der Waals surface area (Å²) in [5.41, 5.74) is 1.87. The first-order valence-electron chi connectivity index (χ1n) is 4.05. The molecule has 2 heteroatoms. The summed E-state index contributed by atoms with van der Waals surface area (Å²) in [5, 5.41) is 0. The SMILES string of the molecule is Cc1ccc(F)c(CCCCl)c1. The largest absolute Gasteiger partial charge is 0.207 e. The first-order valence-corrected chi connectivity index (χ1v) is 4.58. The Bertz CT molecular complexity index is 258. The van der Waals surface area contributed by atoms with E-state index < -0.39 is 0 Å². The van der Waals surface area contributed by atoms with Crippen LogP contribution in [0.3, 0.4) is 0 Å². The van der Waals surface area contributed by atoms with E-state index in [9.17, 15) is 4.39 Å². The maximum absolute atomic E-state index is 13.0. The first-order chi connectivity index (χ1) is 5.74. The lowest BCUT2D eigenvalue weighted by atomic mass is 10.1. The summed E-state index contributed by atoms with van der Waals surface area (Å²) in [4.78, 5) is 0. The third-order valence-electron chi connectivity index (χ3n) is 1.78. The van der Waals surface area contributed by atoms with Crippen LogP contribution in [0.1, 0.15) is 17.5 Å². The van der Waals surface area contributed by atoms with Gasteiger partial charge in [-0.1, -0.05) is 17.7 Å². The van der Waals surface area contributed by atoms with Crippen LogP contribution in [0.2, 0.25) is 0 Å². The second kappa shape index (κ2) is 4.46. The highest BCUT2D eigenvalue weighted by atomic mass is 35.5. The lowest BCUT2D eigenvalue weighted by molar-refractivity contribution is 0.607. The summed E-state index contributed by atoms with van der Waals surface area (Å²) in [7, 11) is 0. The molecule has 0 fully saturated rings. The molecule has 66 valence electrons. The molecule has 0 saturated carbocycles. The van der Waals surface area contributed by atoms with Gasteiger partial charge in [-0.2, -0.15) is 0 Å². The molecule has 0 aliphatic rings. The predicted molar refractivity (Wildman–Crippen MR) is 50.2 cm³/mol. The van der Waals surface area contributed by atoms with Crippen LogP contribution in [0.5, 0.6) is 0 Å². The number of benzene rings is 1. The maximum atomic E-state index is 13.0. The predicted octanol–water partition coefficient (Wildman–Crippen LogP) is 3.31. The average Bonchev–Trinajstić information content (AvgIpc) is 2.07. The molecule has 0 aliphatic heterocycles. The van der Waals surface area contributed by atoms with Crippen molar-refractivity contribution in [2.24, 2.45) is 0 Å². The molecule has 0 spiro atoms. The molecule has 0 unspecified atom stereocenters. The van der Waals surface area contributed by atoms with Gasteiger partial charge in [-0.15, -0.1) is 11.6 Å². The standard InChI is InChI=1S/C10H12ClF/c1-8-4-5-10(12)9(7-8)3-2-6-11/h4-5,7H,2-3,6H2,1H3. The third-order valence-corrected chi connectivity index (χ3v) is 2.05. The van der Waals surface area contributed by atoms with E-state index in [0.29, 0.717) is 5.88 Å². The van der Waals surface area contributed by atoms with Gasteiger partial charge in [-0.25, -0.2) is 4.39 Å². The Morgan fingerprint density at radius 1 is 1.42 bits per heavy atom. The topological polar surface area (TPSA) is 0 Å². The Kier molecular flexibility index (Phi) is 3.54. The fraction of sp³-hybridized carbons (Fsp3) is 0.400. The zero-order valence-corrected chi connectivity index (χ0v) is 7.87. The van der Waals surface area contributed by atoms with Crippen molar-refractivity contribution in [1.29, 1.82) is 0 Å². The summed E-state index contributed by atoms with van der Waals surface area (Å²) in [6, 6.07) is 5.17. The minimum atomic E-state index is -0.120. The van der Waals surface area contributed by atoms with Crippen LogP contribution in [-0.4, -0.2) is 5.88 Å². The Hall–Kier alpha value is -0.560. The molecule has 1 aromatic rings. The Labute approximate surface area is 77.4 Å². The van der Waals surface area contributed by atoms with Gasteiger partial charge in [0.1, 0.15) is 5.82 Å². The summed E-state index contributed by atoms with van der Waals surface area (Å²) >= 11 is 5.52. The highest BCUT2D eigenvalue weighted by molar-refractivity contribution is 6.17. The molecule has 0 saturated heterocycles. The number of rotatable bonds is 3. The van der Waals surface area contributed by atoms with Crippen molar-refractivity contribution in [1.82, 2.24) is 0 Å². The van der Waals surface area contributed by atoms with Gasteiger partial charge >= 0.3 is 0 Å². The quantitative estimate of drug-likeness (QED) is 0.636. The smallest absolute Gasteiger partial charge is 0.126 e. The van der Waals surface area contributed by atoms with Gasteiger partial charge < -0.3 is 0 Å². The monoisotopic (exact) mass is 186 g/mol. The van der Waals surface area contributed by atoms with E-state index in [-0.39, 0.29) is 5.82 Å². The van der Waals surface area contributed by atoms with Gasteiger partial charge in [0, 0.05) is 5.88 Å². The molecular formula is C10H12ClF. The van der Waals surface area contributed by atoms with Crippen molar-refractivity contribution in [3.05, 3.63) is 35.1 Å². The number of hydrogen-bond donors (Lipinski definition) is 0. The van der Waals surface area contributed by atoms with E-state index in [1.807, 2.05) is 13.0 Å². The summed E-state index contributed by atoms with van der Waals surface area (Å²) in [5.74, 6) is 0.471. The van der Waals surface area contributed by atoms with Crippen LogP contribution in [0.4, 0.5) is 4.39 Å². The lowest BCUT2D eigenvalue weighted by Crippen LogP contribution is -1.92. The molecule has 12 heavy (non-hydrogen) atoms. The number of aryl methyl sites for hydroxylation is 2. The van der Waals surface area contributed by atoms with Crippen molar-refractivity contribution >= 4 is 11.6 Å². The van der Waals surface area contributed by atoms with Crippen molar-refractivity contribution in [3.63, 3.8) is 0 Å². The van der Waals surface area contributed by atoms with Crippen LogP contribution >= 0.6 is 11.6 Å². The van der Waals surface area contributed by atoms with Crippen molar-refractivity contribution in [2.75, 3.05) is 5.88 Å². The van der Waals surface area contributed by atoms with Crippen LogP contribution < -0.4 is 0 Å². The highest BCUT2D eigenvalue weighted by Gasteiger charge is 2.00. The maximum Gasteiger partial charge on any atom is 0.126 e. The lowest BCUT2D eigenvalue weighted by Gasteiger charge is -2.02. The van der Waals surface area contributed by atoms with E-state index in [1.54, 1.807) is 6.07 Å². The molecule has 0 atom stereocenters. The molecule has 0 nitrogen and oxygen atoms in total. The highest BCUT2D eigenvalue weighted by Crippen LogP contribution is 2.12. The van der Waals surface area contributed by atoms with E-state index in [1.165, 1.54) is 6.07 Å². The zero-order chi connectivity index (χ0) is 8.97. The molecular weight excluding hydrogens is 175 g/mol. The molecule has 0 bridgehead atoms. The molecule has 0 aliphatic carbocycles. The number of hydrogen-bond acceptors (Lipinski definition) is 0. The molecule has 0 heterocycles. The van der Waals surface area contributed by atoms with Gasteiger partial charge in [0.25, 0.3) is 0 Å². The molecule has 1 rings (SSSR count). The summed E-state index contributed by atoms with van der Waals surface area (Å²) in [6.07, 6.45) is 1.57. The first kappa shape index (κ1) is 9.53. The third kappa shape index (κ3) is 2.49. The van der Waals surface area contributed by atoms with Crippen molar-refractivity contribution < 1.29 is 4.39 Å². The van der Waals surface area contributed by atoms with Crippen LogP contribution in [0.15, 0.2) is 18.2 Å². The number of halogens is 2. The van der Waals surface area contributed by atoms with Gasteiger partial charge in [-0.3, -0.25) is 0 Å². The summed E-state index contributed by atoms with van der Waals surface area (Å²) < 4.78 is 13.0. The van der Waals surface area contributed by atoms with E-state index in [0.717, 1.165) is 24.0 Å². The normalized spacial score (nSPS) is 10.2. The van der Waals surface area contributed by atoms with Crippen LogP contribution in [0.25, 0.3) is 0 Å². The average molecular weight is 187 g/mol. The summed E-state index contributed by atoms with van der Waals surface area (Å²) in [6.45, 7) is 1.96. The minimum absolute atomic E-state index is 0.120. The Balaban J connectivity index is 2.75. The fourth-order valence-corrected chi connectivity index (χ4v) is 1.29. The molecule has 0 radical (unpaired) electrons. The van der Waals surface area contributed by atoms with E-state index >= 15 is 0 Å². The molecule has 1 aromatic carbocycles. The van der Waals surface area contributed by atoms with Gasteiger partial charge in [0.05, 0.1) is 0 Å². The fourth-order valence-electron chi connectivity index (χ4n) is 1.15.